The monoisotopic (exact) mass is 331 g/mol. The summed E-state index contributed by atoms with van der Waals surface area (Å²) in [5, 5.41) is 17.5. The lowest BCUT2D eigenvalue weighted by atomic mass is 10.2. The third-order valence-electron chi connectivity index (χ3n) is 3.79. The lowest BCUT2D eigenvalue weighted by Gasteiger charge is -2.23. The molecule has 0 spiro atoms. The molecule has 114 valence electrons. The second kappa shape index (κ2) is 5.89. The minimum Gasteiger partial charge on any atom is -0.354 e. The molecule has 1 unspecified atom stereocenters. The minimum absolute atomic E-state index is 0.683. The molecule has 1 aliphatic rings. The number of rotatable bonds is 2. The van der Waals surface area contributed by atoms with Crippen molar-refractivity contribution in [3.63, 3.8) is 0 Å². The van der Waals surface area contributed by atoms with E-state index in [1.54, 1.807) is 11.3 Å². The average molecular weight is 331 g/mol. The summed E-state index contributed by atoms with van der Waals surface area (Å²) in [6, 6.07) is 6.12. The van der Waals surface area contributed by atoms with Gasteiger partial charge < -0.3 is 4.90 Å². The van der Waals surface area contributed by atoms with Gasteiger partial charge in [-0.3, -0.25) is 0 Å². The van der Waals surface area contributed by atoms with Crippen LogP contribution in [0.1, 0.15) is 6.92 Å². The van der Waals surface area contributed by atoms with Crippen LogP contribution < -0.4 is 4.90 Å². The van der Waals surface area contributed by atoms with Crippen molar-refractivity contribution in [3.05, 3.63) is 29.0 Å². The molecule has 0 radical (unpaired) electrons. The molecule has 3 aromatic rings. The number of hydrogen-bond donors (Lipinski definition) is 0. The summed E-state index contributed by atoms with van der Waals surface area (Å²) in [5.41, 5.74) is 1.86. The van der Waals surface area contributed by atoms with Crippen molar-refractivity contribution in [3.8, 4) is 11.4 Å². The van der Waals surface area contributed by atoms with Crippen LogP contribution in [0.5, 0.6) is 0 Å². The van der Waals surface area contributed by atoms with Gasteiger partial charge in [0.15, 0.2) is 11.5 Å². The molecule has 4 heterocycles. The Morgan fingerprint density at radius 2 is 2.18 bits per heavy atom. The second-order valence-electron chi connectivity index (χ2n) is 5.62. The van der Waals surface area contributed by atoms with E-state index in [-0.39, 0.29) is 0 Å². The lowest BCUT2D eigenvalue weighted by Crippen LogP contribution is -2.30. The molecule has 22 heavy (non-hydrogen) atoms. The molecule has 0 aliphatic carbocycles. The first-order chi connectivity index (χ1) is 10.8. The van der Waals surface area contributed by atoms with E-state index in [2.05, 4.69) is 39.5 Å². The maximum Gasteiger partial charge on any atom is 0.186 e. The van der Waals surface area contributed by atoms with Crippen molar-refractivity contribution >= 4 is 34.6 Å². The van der Waals surface area contributed by atoms with Crippen molar-refractivity contribution in [2.75, 3.05) is 29.5 Å². The van der Waals surface area contributed by atoms with Crippen LogP contribution in [-0.4, -0.2) is 44.4 Å². The van der Waals surface area contributed by atoms with Gasteiger partial charge in [-0.05, 0) is 35.2 Å². The highest BCUT2D eigenvalue weighted by Gasteiger charge is 2.18. The Morgan fingerprint density at radius 1 is 1.23 bits per heavy atom. The Morgan fingerprint density at radius 3 is 3.05 bits per heavy atom. The molecule has 0 saturated carbocycles. The molecule has 1 aliphatic heterocycles. The van der Waals surface area contributed by atoms with E-state index in [1.807, 2.05) is 27.7 Å². The molecule has 5 nitrogen and oxygen atoms in total. The Labute approximate surface area is 137 Å². The first-order valence-electron chi connectivity index (χ1n) is 7.39. The molecule has 1 saturated heterocycles. The first kappa shape index (κ1) is 14.0. The van der Waals surface area contributed by atoms with E-state index in [4.69, 9.17) is 5.10 Å². The lowest BCUT2D eigenvalue weighted by molar-refractivity contribution is 0.631. The summed E-state index contributed by atoms with van der Waals surface area (Å²) in [6.07, 6.45) is 0. The van der Waals surface area contributed by atoms with Crippen LogP contribution in [-0.2, 0) is 0 Å². The van der Waals surface area contributed by atoms with Crippen LogP contribution in [0.2, 0.25) is 0 Å². The molecule has 4 rings (SSSR count). The van der Waals surface area contributed by atoms with Crippen molar-refractivity contribution in [2.45, 2.75) is 6.92 Å². The fraction of sp³-hybridized carbons (Fsp3) is 0.400. The van der Waals surface area contributed by atoms with Crippen LogP contribution in [0.15, 0.2) is 29.0 Å². The predicted molar refractivity (Wildman–Crippen MR) is 92.8 cm³/mol. The molecule has 3 aromatic heterocycles. The SMILES string of the molecule is CC1CSCCN(c2ccc3nnc(-c4ccsc4)n3n2)C1. The number of hydrogen-bond acceptors (Lipinski definition) is 6. The van der Waals surface area contributed by atoms with E-state index >= 15 is 0 Å². The molecule has 0 amide bonds. The molecule has 0 bridgehead atoms. The van der Waals surface area contributed by atoms with Gasteiger partial charge in [-0.25, -0.2) is 0 Å². The first-order valence-corrected chi connectivity index (χ1v) is 9.49. The zero-order valence-corrected chi connectivity index (χ0v) is 14.0. The van der Waals surface area contributed by atoms with Gasteiger partial charge >= 0.3 is 0 Å². The quantitative estimate of drug-likeness (QED) is 0.722. The fourth-order valence-corrected chi connectivity index (χ4v) is 4.37. The molecular weight excluding hydrogens is 314 g/mol. The average Bonchev–Trinajstić information content (AvgIpc) is 3.13. The summed E-state index contributed by atoms with van der Waals surface area (Å²) in [5.74, 6) is 4.89. The zero-order valence-electron chi connectivity index (χ0n) is 12.3. The van der Waals surface area contributed by atoms with Crippen molar-refractivity contribution in [2.24, 2.45) is 5.92 Å². The highest BCUT2D eigenvalue weighted by molar-refractivity contribution is 7.99. The highest BCUT2D eigenvalue weighted by atomic mass is 32.2. The van der Waals surface area contributed by atoms with Crippen LogP contribution in [0.25, 0.3) is 17.0 Å². The number of fused-ring (bicyclic) bond motifs is 1. The van der Waals surface area contributed by atoms with Gasteiger partial charge in [0.2, 0.25) is 0 Å². The van der Waals surface area contributed by atoms with Gasteiger partial charge in [0, 0.05) is 29.8 Å². The molecule has 0 N–H and O–H groups in total. The smallest absolute Gasteiger partial charge is 0.186 e. The maximum absolute atomic E-state index is 4.80. The van der Waals surface area contributed by atoms with Gasteiger partial charge in [-0.15, -0.1) is 15.3 Å². The third kappa shape index (κ3) is 2.59. The Hall–Kier alpha value is -1.60. The van der Waals surface area contributed by atoms with E-state index in [9.17, 15) is 0 Å². The predicted octanol–water partition coefficient (Wildman–Crippen LogP) is 3.04. The summed E-state index contributed by atoms with van der Waals surface area (Å²) in [4.78, 5) is 2.38. The van der Waals surface area contributed by atoms with Crippen LogP contribution in [0.3, 0.4) is 0 Å². The van der Waals surface area contributed by atoms with Gasteiger partial charge in [0.1, 0.15) is 5.82 Å². The van der Waals surface area contributed by atoms with E-state index in [1.165, 1.54) is 5.75 Å². The normalized spacial score (nSPS) is 19.5. The van der Waals surface area contributed by atoms with Crippen molar-refractivity contribution in [1.82, 2.24) is 19.8 Å². The summed E-state index contributed by atoms with van der Waals surface area (Å²) in [7, 11) is 0. The number of thioether (sulfide) groups is 1. The molecule has 1 fully saturated rings. The maximum atomic E-state index is 4.80. The summed E-state index contributed by atoms with van der Waals surface area (Å²) in [6.45, 7) is 4.41. The van der Waals surface area contributed by atoms with Crippen LogP contribution in [0.4, 0.5) is 5.82 Å². The van der Waals surface area contributed by atoms with Crippen LogP contribution >= 0.6 is 23.1 Å². The van der Waals surface area contributed by atoms with Gasteiger partial charge in [-0.1, -0.05) is 6.92 Å². The van der Waals surface area contributed by atoms with Gasteiger partial charge in [-0.2, -0.15) is 27.6 Å². The van der Waals surface area contributed by atoms with Gasteiger partial charge in [0.25, 0.3) is 0 Å². The topological polar surface area (TPSA) is 46.3 Å². The minimum atomic E-state index is 0.683. The Bertz CT molecular complexity index is 767. The van der Waals surface area contributed by atoms with Crippen LogP contribution in [0, 0.1) is 5.92 Å². The summed E-state index contributed by atoms with van der Waals surface area (Å²) >= 11 is 3.69. The van der Waals surface area contributed by atoms with Crippen molar-refractivity contribution < 1.29 is 0 Å². The van der Waals surface area contributed by atoms with Crippen molar-refractivity contribution in [1.29, 1.82) is 0 Å². The third-order valence-corrected chi connectivity index (χ3v) is 5.75. The molecule has 0 aromatic carbocycles. The Balaban J connectivity index is 1.74. The second-order valence-corrected chi connectivity index (χ2v) is 7.55. The van der Waals surface area contributed by atoms with E-state index in [0.717, 1.165) is 41.7 Å². The number of nitrogens with zero attached hydrogens (tertiary/aromatic N) is 5. The van der Waals surface area contributed by atoms with E-state index < -0.39 is 0 Å². The fourth-order valence-electron chi connectivity index (χ4n) is 2.71. The Kier molecular flexibility index (Phi) is 3.75. The van der Waals surface area contributed by atoms with Gasteiger partial charge in [0.05, 0.1) is 0 Å². The number of aromatic nitrogens is 4. The molecule has 1 atom stereocenters. The highest BCUT2D eigenvalue weighted by Crippen LogP contribution is 2.23. The largest absolute Gasteiger partial charge is 0.354 e. The number of thiophene rings is 1. The number of anilines is 1. The van der Waals surface area contributed by atoms with E-state index in [0.29, 0.717) is 5.92 Å². The molecular formula is C15H17N5S2. The summed E-state index contributed by atoms with van der Waals surface area (Å²) < 4.78 is 1.86. The molecule has 7 heteroatoms. The standard InChI is InChI=1S/C15H17N5S2/c1-11-8-19(5-7-22-9-11)14-3-2-13-16-17-15(20(13)18-14)12-4-6-21-10-12/h2-4,6,10-11H,5,7-9H2,1H3. The zero-order chi connectivity index (χ0) is 14.9.